The number of aliphatic hydroxyl groups is 1. The van der Waals surface area contributed by atoms with Gasteiger partial charge in [0, 0.05) is 31.0 Å². The fraction of sp³-hybridized carbons (Fsp3) is 0.292. The van der Waals surface area contributed by atoms with Gasteiger partial charge in [0.25, 0.3) is 5.91 Å². The van der Waals surface area contributed by atoms with E-state index in [-0.39, 0.29) is 24.0 Å². The molecule has 1 aliphatic rings. The Morgan fingerprint density at radius 3 is 2.50 bits per heavy atom. The summed E-state index contributed by atoms with van der Waals surface area (Å²) in [5, 5.41) is 21.9. The molecular formula is C24H30N6O2. The summed E-state index contributed by atoms with van der Waals surface area (Å²) >= 11 is 0. The van der Waals surface area contributed by atoms with Crippen LogP contribution in [-0.4, -0.2) is 40.9 Å². The first kappa shape index (κ1) is 24.4. The number of aliphatic imine (C=N–C) groups is 1. The standard InChI is InChI=1S/C24H30N6O2/c1-5-28-23-21(22(26)27)20(17-9-7-16(4)8-10-17)19(30(23)11-6-12-31)13-18(14-25)24(32)29-15(2)3/h5,7-10,13,15,31H,1,6,11-12,26-27H2,2-4H3,(H,29,32)/b18-13+,28-23+. The fourth-order valence-corrected chi connectivity index (χ4v) is 3.36. The number of nitriles is 1. The van der Waals surface area contributed by atoms with E-state index in [1.807, 2.05) is 51.1 Å². The molecule has 0 spiro atoms. The summed E-state index contributed by atoms with van der Waals surface area (Å²) in [6, 6.07) is 9.59. The van der Waals surface area contributed by atoms with E-state index >= 15 is 0 Å². The number of benzene rings is 1. The van der Waals surface area contributed by atoms with Crippen LogP contribution in [-0.2, 0) is 4.79 Å². The molecule has 32 heavy (non-hydrogen) atoms. The lowest BCUT2D eigenvalue weighted by molar-refractivity contribution is -0.117. The van der Waals surface area contributed by atoms with Crippen molar-refractivity contribution in [1.82, 2.24) is 10.2 Å². The van der Waals surface area contributed by atoms with E-state index in [0.717, 1.165) is 11.1 Å². The Balaban J connectivity index is 2.87. The van der Waals surface area contributed by atoms with Crippen molar-refractivity contribution in [2.24, 2.45) is 16.5 Å². The van der Waals surface area contributed by atoms with E-state index in [9.17, 15) is 15.2 Å². The lowest BCUT2D eigenvalue weighted by Crippen LogP contribution is -2.32. The minimum Gasteiger partial charge on any atom is -0.396 e. The molecule has 0 saturated carbocycles. The number of carbonyl (C=O) groups excluding carboxylic acids is 1. The van der Waals surface area contributed by atoms with Crippen molar-refractivity contribution in [1.29, 1.82) is 5.26 Å². The molecule has 0 saturated heterocycles. The van der Waals surface area contributed by atoms with Gasteiger partial charge < -0.3 is 26.8 Å². The van der Waals surface area contributed by atoms with Gasteiger partial charge in [-0.2, -0.15) is 5.26 Å². The van der Waals surface area contributed by atoms with Crippen molar-refractivity contribution < 1.29 is 9.90 Å². The number of hydrogen-bond donors (Lipinski definition) is 4. The third kappa shape index (κ3) is 5.45. The predicted octanol–water partition coefficient (Wildman–Crippen LogP) is 2.05. The number of amidine groups is 1. The van der Waals surface area contributed by atoms with E-state index in [4.69, 9.17) is 11.5 Å². The van der Waals surface area contributed by atoms with Crippen molar-refractivity contribution in [2.45, 2.75) is 33.2 Å². The maximum atomic E-state index is 12.6. The van der Waals surface area contributed by atoms with E-state index < -0.39 is 5.91 Å². The van der Waals surface area contributed by atoms with Crippen molar-refractivity contribution in [3.8, 4) is 6.07 Å². The smallest absolute Gasteiger partial charge is 0.262 e. The highest BCUT2D eigenvalue weighted by Crippen LogP contribution is 2.39. The zero-order chi connectivity index (χ0) is 23.8. The summed E-state index contributed by atoms with van der Waals surface area (Å²) in [6.45, 7) is 9.61. The third-order valence-corrected chi connectivity index (χ3v) is 4.72. The van der Waals surface area contributed by atoms with Gasteiger partial charge in [0.05, 0.1) is 11.3 Å². The normalized spacial score (nSPS) is 15.4. The van der Waals surface area contributed by atoms with E-state index in [1.165, 1.54) is 12.3 Å². The second kappa shape index (κ2) is 11.0. The number of nitrogens with one attached hydrogen (secondary N) is 1. The lowest BCUT2D eigenvalue weighted by Gasteiger charge is -2.21. The summed E-state index contributed by atoms with van der Waals surface area (Å²) in [6.07, 6.45) is 3.31. The predicted molar refractivity (Wildman–Crippen MR) is 127 cm³/mol. The summed E-state index contributed by atoms with van der Waals surface area (Å²) < 4.78 is 0. The van der Waals surface area contributed by atoms with Gasteiger partial charge in [-0.15, -0.1) is 0 Å². The Morgan fingerprint density at radius 1 is 1.34 bits per heavy atom. The Morgan fingerprint density at radius 2 is 2.00 bits per heavy atom. The van der Waals surface area contributed by atoms with Gasteiger partial charge in [-0.25, -0.2) is 4.99 Å². The van der Waals surface area contributed by atoms with Crippen molar-refractivity contribution in [3.05, 3.63) is 76.9 Å². The van der Waals surface area contributed by atoms with Crippen LogP contribution in [0.3, 0.4) is 0 Å². The molecule has 1 heterocycles. The summed E-state index contributed by atoms with van der Waals surface area (Å²) in [4.78, 5) is 18.8. The van der Waals surface area contributed by atoms with Gasteiger partial charge in [-0.05, 0) is 38.8 Å². The van der Waals surface area contributed by atoms with Crippen LogP contribution in [0, 0.1) is 18.3 Å². The molecule has 0 unspecified atom stereocenters. The van der Waals surface area contributed by atoms with E-state index in [1.54, 1.807) is 4.90 Å². The zero-order valence-corrected chi connectivity index (χ0v) is 18.7. The molecule has 1 aromatic rings. The first-order valence-electron chi connectivity index (χ1n) is 10.3. The minimum absolute atomic E-state index is 0.0451. The van der Waals surface area contributed by atoms with Crippen molar-refractivity contribution in [2.75, 3.05) is 13.2 Å². The molecule has 6 N–H and O–H groups in total. The quantitative estimate of drug-likeness (QED) is 0.364. The van der Waals surface area contributed by atoms with Crippen molar-refractivity contribution in [3.63, 3.8) is 0 Å². The number of amides is 1. The van der Waals surface area contributed by atoms with Crippen LogP contribution in [0.25, 0.3) is 5.57 Å². The molecule has 2 rings (SSSR count). The molecule has 0 fully saturated rings. The molecule has 1 aromatic carbocycles. The number of allylic oxidation sites excluding steroid dienone is 1. The minimum atomic E-state index is -0.485. The molecule has 168 valence electrons. The molecule has 1 aliphatic heterocycles. The largest absolute Gasteiger partial charge is 0.396 e. The van der Waals surface area contributed by atoms with Crippen LogP contribution in [0.2, 0.25) is 0 Å². The highest BCUT2D eigenvalue weighted by Gasteiger charge is 2.35. The number of nitrogens with two attached hydrogens (primary N) is 2. The van der Waals surface area contributed by atoms with E-state index in [0.29, 0.717) is 35.6 Å². The van der Waals surface area contributed by atoms with Gasteiger partial charge in [-0.1, -0.05) is 36.4 Å². The van der Waals surface area contributed by atoms with Gasteiger partial charge in [-0.3, -0.25) is 4.79 Å². The lowest BCUT2D eigenvalue weighted by atomic mass is 9.96. The highest BCUT2D eigenvalue weighted by atomic mass is 16.3. The van der Waals surface area contributed by atoms with Crippen LogP contribution in [0.4, 0.5) is 0 Å². The fourth-order valence-electron chi connectivity index (χ4n) is 3.36. The second-order valence-corrected chi connectivity index (χ2v) is 7.62. The summed E-state index contributed by atoms with van der Waals surface area (Å²) in [5.74, 6) is 0.00118. The first-order valence-corrected chi connectivity index (χ1v) is 10.3. The maximum absolute atomic E-state index is 12.6. The van der Waals surface area contributed by atoms with Gasteiger partial charge in [0.2, 0.25) is 0 Å². The van der Waals surface area contributed by atoms with E-state index in [2.05, 4.69) is 16.9 Å². The number of nitrogens with zero attached hydrogens (tertiary/aromatic N) is 3. The molecule has 8 nitrogen and oxygen atoms in total. The topological polar surface area (TPSA) is 141 Å². The van der Waals surface area contributed by atoms with Gasteiger partial charge >= 0.3 is 0 Å². The average molecular weight is 435 g/mol. The van der Waals surface area contributed by atoms with Crippen molar-refractivity contribution >= 4 is 17.3 Å². The number of aliphatic hydroxyl groups excluding tert-OH is 1. The molecule has 1 amide bonds. The Labute approximate surface area is 188 Å². The second-order valence-electron chi connectivity index (χ2n) is 7.62. The Hall–Kier alpha value is -3.83. The number of aryl methyl sites for hydroxylation is 1. The number of rotatable bonds is 8. The van der Waals surface area contributed by atoms with Crippen LogP contribution >= 0.6 is 0 Å². The molecule has 0 atom stereocenters. The first-order chi connectivity index (χ1) is 15.2. The molecule has 8 heteroatoms. The monoisotopic (exact) mass is 434 g/mol. The summed E-state index contributed by atoms with van der Waals surface area (Å²) in [5.41, 5.74) is 15.7. The maximum Gasteiger partial charge on any atom is 0.262 e. The SMILES string of the molecule is C=C/N=C1\C(=C(N)N)C(c2ccc(C)cc2)=C(/C=C(\C#N)C(=O)NC(C)C)N1CCCO. The third-order valence-electron chi connectivity index (χ3n) is 4.72. The molecule has 0 radical (unpaired) electrons. The summed E-state index contributed by atoms with van der Waals surface area (Å²) in [7, 11) is 0. The molecule has 0 aromatic heterocycles. The van der Waals surface area contributed by atoms with Crippen LogP contribution in [0.1, 0.15) is 31.4 Å². The van der Waals surface area contributed by atoms with Crippen LogP contribution in [0.15, 0.2) is 70.8 Å². The zero-order valence-electron chi connectivity index (χ0n) is 18.7. The number of hydrogen-bond acceptors (Lipinski definition) is 6. The number of carbonyl (C=O) groups is 1. The van der Waals surface area contributed by atoms with Gasteiger partial charge in [0.1, 0.15) is 23.3 Å². The highest BCUT2D eigenvalue weighted by molar-refractivity contribution is 6.19. The Kier molecular flexibility index (Phi) is 8.38. The molecular weight excluding hydrogens is 404 g/mol. The molecule has 0 bridgehead atoms. The van der Waals surface area contributed by atoms with Gasteiger partial charge in [0.15, 0.2) is 0 Å². The molecule has 0 aliphatic carbocycles. The Bertz CT molecular complexity index is 1040. The van der Waals surface area contributed by atoms with Crippen LogP contribution < -0.4 is 16.8 Å². The van der Waals surface area contributed by atoms with Crippen LogP contribution in [0.5, 0.6) is 0 Å². The average Bonchev–Trinajstić information content (AvgIpc) is 3.03.